The van der Waals surface area contributed by atoms with Gasteiger partial charge >= 0.3 is 5.97 Å². The molecule has 98 valence electrons. The minimum Gasteiger partial charge on any atom is -0.481 e. The third kappa shape index (κ3) is 4.20. The Bertz CT molecular complexity index is 401. The topological polar surface area (TPSA) is 57.6 Å². The molecule has 0 heterocycles. The average molecular weight is 249 g/mol. The van der Waals surface area contributed by atoms with Crippen molar-refractivity contribution in [3.63, 3.8) is 0 Å². The van der Waals surface area contributed by atoms with Gasteiger partial charge in [-0.15, -0.1) is 0 Å². The third-order valence-electron chi connectivity index (χ3n) is 2.60. The number of hydrogen-bond acceptors (Lipinski definition) is 2. The van der Waals surface area contributed by atoms with Gasteiger partial charge in [0.15, 0.2) is 0 Å². The zero-order chi connectivity index (χ0) is 13.5. The maximum Gasteiger partial charge on any atom is 0.303 e. The number of carbonyl (C=O) groups is 2. The van der Waals surface area contributed by atoms with Gasteiger partial charge in [-0.05, 0) is 18.6 Å². The van der Waals surface area contributed by atoms with Crippen molar-refractivity contribution in [3.8, 4) is 0 Å². The number of hydrogen-bond donors (Lipinski definition) is 1. The number of carboxylic acids is 1. The summed E-state index contributed by atoms with van der Waals surface area (Å²) in [6, 6.07) is 9.35. The smallest absolute Gasteiger partial charge is 0.303 e. The molecular weight excluding hydrogens is 230 g/mol. The van der Waals surface area contributed by atoms with Gasteiger partial charge in [-0.25, -0.2) is 0 Å². The van der Waals surface area contributed by atoms with E-state index in [0.29, 0.717) is 13.0 Å². The molecule has 4 nitrogen and oxygen atoms in total. The van der Waals surface area contributed by atoms with E-state index >= 15 is 0 Å². The maximum absolute atomic E-state index is 12.1. The van der Waals surface area contributed by atoms with Crippen LogP contribution in [-0.4, -0.2) is 23.5 Å². The number of nitrogens with zero attached hydrogens (tertiary/aromatic N) is 1. The first-order valence-electron chi connectivity index (χ1n) is 6.10. The van der Waals surface area contributed by atoms with Crippen molar-refractivity contribution >= 4 is 17.6 Å². The van der Waals surface area contributed by atoms with E-state index in [1.54, 1.807) is 4.90 Å². The highest BCUT2D eigenvalue weighted by atomic mass is 16.4. The van der Waals surface area contributed by atoms with Gasteiger partial charge in [-0.1, -0.05) is 32.0 Å². The highest BCUT2D eigenvalue weighted by Gasteiger charge is 2.18. The second kappa shape index (κ2) is 6.79. The predicted molar refractivity (Wildman–Crippen MR) is 70.5 cm³/mol. The van der Waals surface area contributed by atoms with E-state index in [4.69, 9.17) is 5.11 Å². The minimum atomic E-state index is -0.833. The van der Waals surface area contributed by atoms with Crippen LogP contribution in [0.25, 0.3) is 0 Å². The SMILES string of the molecule is CC(C)C(=O)N(CCCC(=O)O)c1ccccc1. The maximum atomic E-state index is 12.1. The highest BCUT2D eigenvalue weighted by molar-refractivity contribution is 5.94. The Kier molecular flexibility index (Phi) is 5.36. The van der Waals surface area contributed by atoms with E-state index in [-0.39, 0.29) is 18.2 Å². The van der Waals surface area contributed by atoms with Crippen molar-refractivity contribution < 1.29 is 14.7 Å². The van der Waals surface area contributed by atoms with Gasteiger partial charge in [-0.2, -0.15) is 0 Å². The van der Waals surface area contributed by atoms with Crippen LogP contribution in [0.2, 0.25) is 0 Å². The predicted octanol–water partition coefficient (Wildman–Crippen LogP) is 2.54. The Morgan fingerprint density at radius 1 is 1.22 bits per heavy atom. The minimum absolute atomic E-state index is 0.0200. The molecule has 1 N–H and O–H groups in total. The molecule has 0 aliphatic carbocycles. The quantitative estimate of drug-likeness (QED) is 0.842. The van der Waals surface area contributed by atoms with Crippen molar-refractivity contribution in [1.29, 1.82) is 0 Å². The molecule has 0 fully saturated rings. The summed E-state index contributed by atoms with van der Waals surface area (Å²) in [5.41, 5.74) is 0.821. The number of carbonyl (C=O) groups excluding carboxylic acids is 1. The zero-order valence-electron chi connectivity index (χ0n) is 10.8. The Labute approximate surface area is 107 Å². The first kappa shape index (κ1) is 14.2. The van der Waals surface area contributed by atoms with Crippen LogP contribution in [0.3, 0.4) is 0 Å². The number of carboxylic acid groups (broad SMARTS) is 1. The lowest BCUT2D eigenvalue weighted by molar-refractivity contribution is -0.137. The summed E-state index contributed by atoms with van der Waals surface area (Å²) >= 11 is 0. The number of amides is 1. The fourth-order valence-electron chi connectivity index (χ4n) is 1.67. The Hall–Kier alpha value is -1.84. The third-order valence-corrected chi connectivity index (χ3v) is 2.60. The molecule has 0 aliphatic rings. The molecule has 0 saturated carbocycles. The molecule has 1 aromatic rings. The lowest BCUT2D eigenvalue weighted by atomic mass is 10.1. The monoisotopic (exact) mass is 249 g/mol. The Morgan fingerprint density at radius 2 is 1.83 bits per heavy atom. The van der Waals surface area contributed by atoms with Crippen molar-refractivity contribution in [2.75, 3.05) is 11.4 Å². The van der Waals surface area contributed by atoms with Gasteiger partial charge in [0.2, 0.25) is 5.91 Å². The average Bonchev–Trinajstić information content (AvgIpc) is 2.34. The lowest BCUT2D eigenvalue weighted by Crippen LogP contribution is -2.35. The van der Waals surface area contributed by atoms with Crippen LogP contribution in [0.4, 0.5) is 5.69 Å². The number of benzene rings is 1. The molecule has 0 saturated heterocycles. The summed E-state index contributed by atoms with van der Waals surface area (Å²) in [4.78, 5) is 24.3. The second-order valence-electron chi connectivity index (χ2n) is 4.48. The standard InChI is InChI=1S/C14H19NO3/c1-11(2)14(18)15(10-6-9-13(16)17)12-7-4-3-5-8-12/h3-5,7-8,11H,6,9-10H2,1-2H3,(H,16,17). The first-order valence-corrected chi connectivity index (χ1v) is 6.10. The largest absolute Gasteiger partial charge is 0.481 e. The van der Waals surface area contributed by atoms with Gasteiger partial charge in [0.1, 0.15) is 0 Å². The van der Waals surface area contributed by atoms with E-state index in [0.717, 1.165) is 5.69 Å². The second-order valence-corrected chi connectivity index (χ2v) is 4.48. The summed E-state index contributed by atoms with van der Waals surface area (Å²) in [6.07, 6.45) is 0.539. The molecule has 18 heavy (non-hydrogen) atoms. The first-order chi connectivity index (χ1) is 8.52. The van der Waals surface area contributed by atoms with Crippen molar-refractivity contribution in [3.05, 3.63) is 30.3 Å². The van der Waals surface area contributed by atoms with Crippen LogP contribution >= 0.6 is 0 Å². The molecule has 1 amide bonds. The Balaban J connectivity index is 2.76. The lowest BCUT2D eigenvalue weighted by Gasteiger charge is -2.24. The van der Waals surface area contributed by atoms with E-state index < -0.39 is 5.97 Å². The van der Waals surface area contributed by atoms with Crippen LogP contribution < -0.4 is 4.90 Å². The number of anilines is 1. The van der Waals surface area contributed by atoms with Crippen LogP contribution in [0, 0.1) is 5.92 Å². The van der Waals surface area contributed by atoms with E-state index in [9.17, 15) is 9.59 Å². The Morgan fingerprint density at radius 3 is 2.33 bits per heavy atom. The molecule has 0 radical (unpaired) electrons. The molecule has 1 aromatic carbocycles. The molecule has 1 rings (SSSR count). The van der Waals surface area contributed by atoms with Gasteiger partial charge in [-0.3, -0.25) is 9.59 Å². The number of para-hydroxylation sites is 1. The fraction of sp³-hybridized carbons (Fsp3) is 0.429. The summed E-state index contributed by atoms with van der Waals surface area (Å²) in [5, 5.41) is 8.64. The highest BCUT2D eigenvalue weighted by Crippen LogP contribution is 2.17. The molecule has 4 heteroatoms. The molecule has 0 aliphatic heterocycles. The van der Waals surface area contributed by atoms with Crippen LogP contribution in [0.1, 0.15) is 26.7 Å². The molecule has 0 bridgehead atoms. The summed E-state index contributed by atoms with van der Waals surface area (Å²) in [5.74, 6) is -0.915. The normalized spacial score (nSPS) is 10.4. The van der Waals surface area contributed by atoms with Gasteiger partial charge in [0.05, 0.1) is 0 Å². The zero-order valence-corrected chi connectivity index (χ0v) is 10.8. The van der Waals surface area contributed by atoms with Crippen molar-refractivity contribution in [2.45, 2.75) is 26.7 Å². The fourth-order valence-corrected chi connectivity index (χ4v) is 1.67. The van der Waals surface area contributed by atoms with Crippen molar-refractivity contribution in [1.82, 2.24) is 0 Å². The summed E-state index contributed by atoms with van der Waals surface area (Å²) in [6.45, 7) is 4.12. The molecule has 0 aromatic heterocycles. The van der Waals surface area contributed by atoms with Gasteiger partial charge in [0.25, 0.3) is 0 Å². The number of rotatable bonds is 6. The van der Waals surface area contributed by atoms with E-state index in [2.05, 4.69) is 0 Å². The van der Waals surface area contributed by atoms with Gasteiger partial charge in [0, 0.05) is 24.6 Å². The van der Waals surface area contributed by atoms with Crippen molar-refractivity contribution in [2.24, 2.45) is 5.92 Å². The molecule has 0 atom stereocenters. The van der Waals surface area contributed by atoms with Crippen LogP contribution in [-0.2, 0) is 9.59 Å². The number of aliphatic carboxylic acids is 1. The van der Waals surface area contributed by atoms with Crippen LogP contribution in [0.15, 0.2) is 30.3 Å². The molecular formula is C14H19NO3. The molecule has 0 unspecified atom stereocenters. The van der Waals surface area contributed by atoms with E-state index in [1.807, 2.05) is 44.2 Å². The summed E-state index contributed by atoms with van der Waals surface area (Å²) in [7, 11) is 0. The van der Waals surface area contributed by atoms with Gasteiger partial charge < -0.3 is 10.0 Å². The van der Waals surface area contributed by atoms with Crippen LogP contribution in [0.5, 0.6) is 0 Å². The summed E-state index contributed by atoms with van der Waals surface area (Å²) < 4.78 is 0. The van der Waals surface area contributed by atoms with E-state index in [1.165, 1.54) is 0 Å². The molecule has 0 spiro atoms.